The van der Waals surface area contributed by atoms with Crippen molar-refractivity contribution in [3.05, 3.63) is 0 Å². The molecule has 0 aromatic rings. The summed E-state index contributed by atoms with van der Waals surface area (Å²) in [6, 6.07) is 0. The molecule has 2 saturated heterocycles. The van der Waals surface area contributed by atoms with Crippen LogP contribution in [0.5, 0.6) is 0 Å². The van der Waals surface area contributed by atoms with Crippen LogP contribution in [-0.2, 0) is 20.4 Å². The number of ether oxygens (including phenoxy) is 3. The predicted molar refractivity (Wildman–Crippen MR) is 76.2 cm³/mol. The monoisotopic (exact) mass is 504 g/mol. The Labute approximate surface area is 155 Å². The summed E-state index contributed by atoms with van der Waals surface area (Å²) in [6.07, 6.45) is -13.3. The number of hydrogen-bond donors (Lipinski definition) is 8. The molecule has 9 atom stereocenters. The van der Waals surface area contributed by atoms with Crippen molar-refractivity contribution in [1.82, 2.24) is 0 Å². The molecule has 2 fully saturated rings. The summed E-state index contributed by atoms with van der Waals surface area (Å²) in [4.78, 5) is 0. The standard InChI is InChI=1S/C12H22O13Te/c13-1-4-6(15)8(17)9(18)11(23-4)25-12(3-22-26(20)21)10(19)7(16)5(2-14)24-12/h4-11,13-19H,1-3H2,(H,20,21)/t4-,5-,6-,7-,8+,9-,10+,11-,12+/m1/s1. The molecule has 14 heteroatoms. The second-order valence-corrected chi connectivity index (χ2v) is 7.79. The van der Waals surface area contributed by atoms with Crippen molar-refractivity contribution in [3.63, 3.8) is 0 Å². The fourth-order valence-corrected chi connectivity index (χ4v) is 3.51. The van der Waals surface area contributed by atoms with E-state index in [0.29, 0.717) is 0 Å². The van der Waals surface area contributed by atoms with Crippen molar-refractivity contribution < 1.29 is 59.6 Å². The average Bonchev–Trinajstić information content (AvgIpc) is 2.85. The Bertz CT molecular complexity index is 492. The molecule has 26 heavy (non-hydrogen) atoms. The molecule has 0 aromatic carbocycles. The number of rotatable bonds is 7. The van der Waals surface area contributed by atoms with Crippen LogP contribution in [0.2, 0.25) is 0 Å². The van der Waals surface area contributed by atoms with Gasteiger partial charge in [0.05, 0.1) is 0 Å². The van der Waals surface area contributed by atoms with E-state index in [1.807, 2.05) is 0 Å². The maximum atomic E-state index is 10.9. The van der Waals surface area contributed by atoms with Crippen molar-refractivity contribution in [2.75, 3.05) is 19.8 Å². The third kappa shape index (κ3) is 4.40. The second-order valence-electron chi connectivity index (χ2n) is 5.88. The molecule has 2 heterocycles. The van der Waals surface area contributed by atoms with E-state index in [0.717, 1.165) is 0 Å². The van der Waals surface area contributed by atoms with Crippen LogP contribution in [0.15, 0.2) is 0 Å². The van der Waals surface area contributed by atoms with Gasteiger partial charge in [0.25, 0.3) is 0 Å². The van der Waals surface area contributed by atoms with E-state index in [4.69, 9.17) is 17.7 Å². The second kappa shape index (κ2) is 9.07. The Kier molecular flexibility index (Phi) is 7.82. The first-order valence-corrected chi connectivity index (χ1v) is 10.5. The molecule has 0 radical (unpaired) electrons. The van der Waals surface area contributed by atoms with Gasteiger partial charge in [-0.15, -0.1) is 0 Å². The Hall–Kier alpha value is 0.110. The topological polar surface area (TPSA) is 216 Å². The minimum absolute atomic E-state index is 0.738. The van der Waals surface area contributed by atoms with Gasteiger partial charge >= 0.3 is 155 Å². The summed E-state index contributed by atoms with van der Waals surface area (Å²) >= 11 is -4.15. The molecule has 0 unspecified atom stereocenters. The van der Waals surface area contributed by atoms with Gasteiger partial charge in [-0.3, -0.25) is 0 Å². The van der Waals surface area contributed by atoms with E-state index in [9.17, 15) is 38.9 Å². The van der Waals surface area contributed by atoms with Crippen LogP contribution in [-0.4, -0.2) is 134 Å². The van der Waals surface area contributed by atoms with Crippen molar-refractivity contribution in [2.24, 2.45) is 0 Å². The molecule has 2 aliphatic rings. The van der Waals surface area contributed by atoms with Crippen LogP contribution in [0.4, 0.5) is 0 Å². The molecule has 0 aromatic heterocycles. The maximum absolute atomic E-state index is 10.9. The third-order valence-corrected chi connectivity index (χ3v) is 5.12. The molecule has 0 spiro atoms. The molecular formula is C12H22O13Te. The molecule has 0 saturated carbocycles. The Morgan fingerprint density at radius 2 is 1.54 bits per heavy atom. The fraction of sp³-hybridized carbons (Fsp3) is 1.00. The first-order chi connectivity index (χ1) is 12.2. The summed E-state index contributed by atoms with van der Waals surface area (Å²) in [7, 11) is 0. The molecule has 2 rings (SSSR count). The van der Waals surface area contributed by atoms with E-state index in [1.54, 1.807) is 0 Å². The van der Waals surface area contributed by atoms with Gasteiger partial charge in [-0.05, 0) is 0 Å². The molecule has 154 valence electrons. The van der Waals surface area contributed by atoms with Gasteiger partial charge in [0.2, 0.25) is 0 Å². The van der Waals surface area contributed by atoms with Crippen molar-refractivity contribution in [1.29, 1.82) is 0 Å². The molecular weight excluding hydrogens is 480 g/mol. The normalized spacial score (nSPS) is 46.8. The quantitative estimate of drug-likeness (QED) is 0.153. The molecule has 0 aliphatic carbocycles. The van der Waals surface area contributed by atoms with Crippen molar-refractivity contribution in [2.45, 2.75) is 54.8 Å². The zero-order chi connectivity index (χ0) is 19.6. The van der Waals surface area contributed by atoms with Crippen molar-refractivity contribution in [3.8, 4) is 0 Å². The van der Waals surface area contributed by atoms with Gasteiger partial charge < -0.3 is 0 Å². The van der Waals surface area contributed by atoms with Gasteiger partial charge in [-0.25, -0.2) is 0 Å². The fourth-order valence-electron chi connectivity index (χ4n) is 2.75. The van der Waals surface area contributed by atoms with E-state index in [-0.39, 0.29) is 0 Å². The Morgan fingerprint density at radius 1 is 0.923 bits per heavy atom. The summed E-state index contributed by atoms with van der Waals surface area (Å²) < 4.78 is 40.1. The van der Waals surface area contributed by atoms with Crippen LogP contribution < -0.4 is 0 Å². The molecule has 0 bridgehead atoms. The van der Waals surface area contributed by atoms with Crippen LogP contribution in [0.25, 0.3) is 0 Å². The summed E-state index contributed by atoms with van der Waals surface area (Å²) in [6.45, 7) is -2.35. The van der Waals surface area contributed by atoms with Gasteiger partial charge in [-0.1, -0.05) is 0 Å². The van der Waals surface area contributed by atoms with E-state index >= 15 is 0 Å². The SMILES string of the molecule is O=[Te](O)OC[C@@]1(O[C@H]2O[C@H](CO)[C@@H](O)[C@H](O)[C@H]2O)O[C@H](CO)[C@@H](O)[C@@H]1O. The molecule has 8 N–H and O–H groups in total. The Morgan fingerprint density at radius 3 is 2.04 bits per heavy atom. The first-order valence-electron chi connectivity index (χ1n) is 7.54. The van der Waals surface area contributed by atoms with Crippen LogP contribution >= 0.6 is 0 Å². The van der Waals surface area contributed by atoms with E-state index in [1.165, 1.54) is 0 Å². The summed E-state index contributed by atoms with van der Waals surface area (Å²) in [5.74, 6) is -2.33. The van der Waals surface area contributed by atoms with Gasteiger partial charge in [0.15, 0.2) is 0 Å². The zero-order valence-electron chi connectivity index (χ0n) is 13.3. The minimum atomic E-state index is -4.15. The third-order valence-electron chi connectivity index (χ3n) is 4.21. The number of hydrogen-bond acceptors (Lipinski definition) is 12. The zero-order valence-corrected chi connectivity index (χ0v) is 15.6. The van der Waals surface area contributed by atoms with E-state index in [2.05, 4.69) is 3.10 Å². The molecule has 2 aliphatic heterocycles. The number of aliphatic hydroxyl groups is 7. The predicted octanol–water partition coefficient (Wildman–Crippen LogP) is -5.96. The Balaban J connectivity index is 2.25. The van der Waals surface area contributed by atoms with Crippen LogP contribution in [0.1, 0.15) is 0 Å². The van der Waals surface area contributed by atoms with Gasteiger partial charge in [-0.2, -0.15) is 0 Å². The van der Waals surface area contributed by atoms with Gasteiger partial charge in [0.1, 0.15) is 0 Å². The van der Waals surface area contributed by atoms with Crippen molar-refractivity contribution >= 4 is 20.4 Å². The van der Waals surface area contributed by atoms with Crippen LogP contribution in [0.3, 0.4) is 0 Å². The van der Waals surface area contributed by atoms with Gasteiger partial charge in [0, 0.05) is 0 Å². The summed E-state index contributed by atoms with van der Waals surface area (Å²) in [5.41, 5.74) is 0. The number of aliphatic hydroxyl groups excluding tert-OH is 7. The van der Waals surface area contributed by atoms with E-state index < -0.39 is 95.0 Å². The average molecular weight is 502 g/mol. The molecule has 13 nitrogen and oxygen atoms in total. The van der Waals surface area contributed by atoms with Crippen LogP contribution in [0, 0.1) is 0 Å². The molecule has 0 amide bonds. The first kappa shape index (κ1) is 22.4. The summed E-state index contributed by atoms with van der Waals surface area (Å²) in [5, 5.41) is 68.1.